The van der Waals surface area contributed by atoms with Gasteiger partial charge in [0.25, 0.3) is 0 Å². The van der Waals surface area contributed by atoms with Crippen molar-refractivity contribution >= 4 is 28.9 Å². The molecular formula is C15H22N2O2S. The minimum absolute atomic E-state index is 0.0691. The Morgan fingerprint density at radius 2 is 1.95 bits per heavy atom. The molecule has 0 aliphatic heterocycles. The molecule has 0 saturated carbocycles. The van der Waals surface area contributed by atoms with Crippen molar-refractivity contribution < 1.29 is 9.53 Å². The first-order chi connectivity index (χ1) is 9.51. The molecule has 5 heteroatoms. The number of nitrogens with one attached hydrogen (secondary N) is 2. The lowest BCUT2D eigenvalue weighted by Gasteiger charge is -2.11. The minimum Gasteiger partial charge on any atom is -0.494 e. The zero-order valence-electron chi connectivity index (χ0n) is 12.2. The standard InChI is InChI=1S/C15H22N2O2S/c1-4-9-19-13-7-5-12(6-8-13)16-15(20)17-14(18)10-11(2)3/h5-8,11H,4,9-10H2,1-3H3,(H2,16,17,18,20). The molecule has 0 spiro atoms. The summed E-state index contributed by atoms with van der Waals surface area (Å²) in [4.78, 5) is 11.6. The van der Waals surface area contributed by atoms with Crippen molar-refractivity contribution in [3.05, 3.63) is 24.3 Å². The molecule has 20 heavy (non-hydrogen) atoms. The van der Waals surface area contributed by atoms with Crippen LogP contribution >= 0.6 is 12.2 Å². The number of rotatable bonds is 6. The monoisotopic (exact) mass is 294 g/mol. The highest BCUT2D eigenvalue weighted by Crippen LogP contribution is 2.15. The Morgan fingerprint density at radius 1 is 1.30 bits per heavy atom. The number of hydrogen-bond donors (Lipinski definition) is 2. The predicted octanol–water partition coefficient (Wildman–Crippen LogP) is 3.33. The molecule has 110 valence electrons. The molecule has 0 saturated heterocycles. The van der Waals surface area contributed by atoms with Gasteiger partial charge in [-0.05, 0) is 48.8 Å². The van der Waals surface area contributed by atoms with Crippen LogP contribution in [-0.4, -0.2) is 17.6 Å². The summed E-state index contributed by atoms with van der Waals surface area (Å²) in [5.74, 6) is 1.07. The van der Waals surface area contributed by atoms with E-state index in [0.717, 1.165) is 17.9 Å². The Hall–Kier alpha value is -1.62. The van der Waals surface area contributed by atoms with Crippen molar-refractivity contribution in [1.29, 1.82) is 0 Å². The van der Waals surface area contributed by atoms with E-state index in [-0.39, 0.29) is 5.91 Å². The van der Waals surface area contributed by atoms with E-state index in [1.165, 1.54) is 0 Å². The number of benzene rings is 1. The second-order valence-electron chi connectivity index (χ2n) is 4.97. The van der Waals surface area contributed by atoms with Crippen LogP contribution in [0.3, 0.4) is 0 Å². The van der Waals surface area contributed by atoms with E-state index in [1.54, 1.807) is 0 Å². The summed E-state index contributed by atoms with van der Waals surface area (Å²) in [5, 5.41) is 5.95. The van der Waals surface area contributed by atoms with Crippen LogP contribution in [0.4, 0.5) is 5.69 Å². The molecule has 0 fully saturated rings. The molecule has 0 bridgehead atoms. The van der Waals surface area contributed by atoms with Gasteiger partial charge in [-0.2, -0.15) is 0 Å². The maximum atomic E-state index is 11.6. The third kappa shape index (κ3) is 6.52. The van der Waals surface area contributed by atoms with Gasteiger partial charge in [0.2, 0.25) is 5.91 Å². The maximum Gasteiger partial charge on any atom is 0.226 e. The molecule has 0 unspecified atom stereocenters. The van der Waals surface area contributed by atoms with Gasteiger partial charge < -0.3 is 15.4 Å². The maximum absolute atomic E-state index is 11.6. The molecule has 0 aliphatic carbocycles. The van der Waals surface area contributed by atoms with Gasteiger partial charge in [-0.15, -0.1) is 0 Å². The Labute approximate surface area is 125 Å². The van der Waals surface area contributed by atoms with E-state index in [4.69, 9.17) is 17.0 Å². The van der Waals surface area contributed by atoms with Crippen molar-refractivity contribution in [3.63, 3.8) is 0 Å². The van der Waals surface area contributed by atoms with E-state index in [1.807, 2.05) is 38.1 Å². The fraction of sp³-hybridized carbons (Fsp3) is 0.467. The Kier molecular flexibility index (Phi) is 7.01. The second-order valence-corrected chi connectivity index (χ2v) is 5.38. The van der Waals surface area contributed by atoms with Crippen LogP contribution in [0.2, 0.25) is 0 Å². The van der Waals surface area contributed by atoms with Gasteiger partial charge in [-0.1, -0.05) is 20.8 Å². The molecule has 4 nitrogen and oxygen atoms in total. The summed E-state index contributed by atoms with van der Waals surface area (Å²) in [6.07, 6.45) is 1.44. The average Bonchev–Trinajstić information content (AvgIpc) is 2.36. The van der Waals surface area contributed by atoms with E-state index in [0.29, 0.717) is 24.1 Å². The molecule has 1 rings (SSSR count). The van der Waals surface area contributed by atoms with Gasteiger partial charge in [0.05, 0.1) is 6.61 Å². The van der Waals surface area contributed by atoms with Crippen LogP contribution < -0.4 is 15.4 Å². The number of ether oxygens (including phenoxy) is 1. The van der Waals surface area contributed by atoms with Crippen LogP contribution in [0.15, 0.2) is 24.3 Å². The summed E-state index contributed by atoms with van der Waals surface area (Å²) in [7, 11) is 0. The topological polar surface area (TPSA) is 50.4 Å². The summed E-state index contributed by atoms with van der Waals surface area (Å²) in [5.41, 5.74) is 0.823. The van der Waals surface area contributed by atoms with Crippen LogP contribution in [-0.2, 0) is 4.79 Å². The number of anilines is 1. The zero-order valence-corrected chi connectivity index (χ0v) is 13.0. The molecule has 0 aromatic heterocycles. The molecule has 0 radical (unpaired) electrons. The Bertz CT molecular complexity index is 444. The largest absolute Gasteiger partial charge is 0.494 e. The van der Waals surface area contributed by atoms with Gasteiger partial charge in [0, 0.05) is 12.1 Å². The van der Waals surface area contributed by atoms with E-state index >= 15 is 0 Å². The summed E-state index contributed by atoms with van der Waals surface area (Å²) >= 11 is 5.09. The number of amides is 1. The fourth-order valence-corrected chi connectivity index (χ4v) is 1.80. The first-order valence-electron chi connectivity index (χ1n) is 6.85. The van der Waals surface area contributed by atoms with Gasteiger partial charge in [0.15, 0.2) is 5.11 Å². The molecular weight excluding hydrogens is 272 g/mol. The molecule has 2 N–H and O–H groups in total. The van der Waals surface area contributed by atoms with Crippen molar-refractivity contribution in [2.24, 2.45) is 5.92 Å². The van der Waals surface area contributed by atoms with Gasteiger partial charge in [-0.25, -0.2) is 0 Å². The van der Waals surface area contributed by atoms with Crippen LogP contribution in [0.1, 0.15) is 33.6 Å². The summed E-state index contributed by atoms with van der Waals surface area (Å²) in [6, 6.07) is 7.48. The summed E-state index contributed by atoms with van der Waals surface area (Å²) in [6.45, 7) is 6.75. The van der Waals surface area contributed by atoms with Crippen molar-refractivity contribution in [1.82, 2.24) is 5.32 Å². The molecule has 0 heterocycles. The SMILES string of the molecule is CCCOc1ccc(NC(=S)NC(=O)CC(C)C)cc1. The first-order valence-corrected chi connectivity index (χ1v) is 7.25. The third-order valence-corrected chi connectivity index (χ3v) is 2.64. The third-order valence-electron chi connectivity index (χ3n) is 2.43. The number of hydrogen-bond acceptors (Lipinski definition) is 3. The number of carbonyl (C=O) groups is 1. The lowest BCUT2D eigenvalue weighted by atomic mass is 10.1. The van der Waals surface area contributed by atoms with Crippen LogP contribution in [0.25, 0.3) is 0 Å². The van der Waals surface area contributed by atoms with Crippen molar-refractivity contribution in [3.8, 4) is 5.75 Å². The Morgan fingerprint density at radius 3 is 2.50 bits per heavy atom. The van der Waals surface area contributed by atoms with Crippen molar-refractivity contribution in [2.75, 3.05) is 11.9 Å². The van der Waals surface area contributed by atoms with Gasteiger partial charge in [-0.3, -0.25) is 4.79 Å². The lowest BCUT2D eigenvalue weighted by molar-refractivity contribution is -0.120. The van der Waals surface area contributed by atoms with Crippen LogP contribution in [0, 0.1) is 5.92 Å². The zero-order chi connectivity index (χ0) is 15.0. The molecule has 0 atom stereocenters. The predicted molar refractivity (Wildman–Crippen MR) is 86.0 cm³/mol. The van der Waals surface area contributed by atoms with E-state index < -0.39 is 0 Å². The molecule has 1 aromatic carbocycles. The normalized spacial score (nSPS) is 10.2. The Balaban J connectivity index is 2.43. The second kappa shape index (κ2) is 8.53. The highest BCUT2D eigenvalue weighted by Gasteiger charge is 2.07. The van der Waals surface area contributed by atoms with Crippen LogP contribution in [0.5, 0.6) is 5.75 Å². The number of thiocarbonyl (C=S) groups is 1. The smallest absolute Gasteiger partial charge is 0.226 e. The lowest BCUT2D eigenvalue weighted by Crippen LogP contribution is -2.34. The van der Waals surface area contributed by atoms with Gasteiger partial charge in [0.1, 0.15) is 5.75 Å². The fourth-order valence-electron chi connectivity index (χ4n) is 1.57. The molecule has 1 aromatic rings. The van der Waals surface area contributed by atoms with Crippen molar-refractivity contribution in [2.45, 2.75) is 33.6 Å². The molecule has 0 aliphatic rings. The highest BCUT2D eigenvalue weighted by atomic mass is 32.1. The first kappa shape index (κ1) is 16.4. The van der Waals surface area contributed by atoms with E-state index in [9.17, 15) is 4.79 Å². The number of carbonyl (C=O) groups excluding carboxylic acids is 1. The van der Waals surface area contributed by atoms with E-state index in [2.05, 4.69) is 17.6 Å². The minimum atomic E-state index is -0.0691. The molecule has 1 amide bonds. The van der Waals surface area contributed by atoms with Gasteiger partial charge >= 0.3 is 0 Å². The quantitative estimate of drug-likeness (QED) is 0.790. The average molecular weight is 294 g/mol. The summed E-state index contributed by atoms with van der Waals surface area (Å²) < 4.78 is 5.49. The highest BCUT2D eigenvalue weighted by molar-refractivity contribution is 7.80.